The van der Waals surface area contributed by atoms with Crippen LogP contribution in [0.4, 0.5) is 5.69 Å². The van der Waals surface area contributed by atoms with Gasteiger partial charge in [0.05, 0.1) is 18.6 Å². The second kappa shape index (κ2) is 5.68. The number of nitro benzene ring substituents is 1. The molecule has 0 aliphatic carbocycles. The summed E-state index contributed by atoms with van der Waals surface area (Å²) in [5.74, 6) is 1.24. The highest BCUT2D eigenvalue weighted by Gasteiger charge is 2.19. The molecule has 6 heteroatoms. The molecule has 0 amide bonds. The molecule has 18 heavy (non-hydrogen) atoms. The summed E-state index contributed by atoms with van der Waals surface area (Å²) in [7, 11) is 1.52. The van der Waals surface area contributed by atoms with Crippen molar-refractivity contribution in [2.24, 2.45) is 5.92 Å². The number of nitrogens with one attached hydrogen (secondary N) is 1. The molecule has 2 rings (SSSR count). The van der Waals surface area contributed by atoms with Crippen LogP contribution in [0.2, 0.25) is 0 Å². The van der Waals surface area contributed by atoms with Crippen molar-refractivity contribution < 1.29 is 14.4 Å². The van der Waals surface area contributed by atoms with Gasteiger partial charge >= 0.3 is 5.69 Å². The Morgan fingerprint density at radius 1 is 1.56 bits per heavy atom. The van der Waals surface area contributed by atoms with Crippen molar-refractivity contribution in [3.8, 4) is 11.5 Å². The fourth-order valence-corrected chi connectivity index (χ4v) is 1.95. The van der Waals surface area contributed by atoms with E-state index in [-0.39, 0.29) is 11.4 Å². The summed E-state index contributed by atoms with van der Waals surface area (Å²) >= 11 is 0. The first kappa shape index (κ1) is 12.6. The normalized spacial score (nSPS) is 18.6. The van der Waals surface area contributed by atoms with Crippen molar-refractivity contribution in [2.45, 2.75) is 6.42 Å². The Labute approximate surface area is 105 Å². The van der Waals surface area contributed by atoms with Crippen molar-refractivity contribution in [3.63, 3.8) is 0 Å². The molecule has 1 N–H and O–H groups in total. The van der Waals surface area contributed by atoms with Crippen LogP contribution in [0, 0.1) is 16.0 Å². The van der Waals surface area contributed by atoms with Crippen LogP contribution >= 0.6 is 0 Å². The molecule has 0 aromatic heterocycles. The summed E-state index contributed by atoms with van der Waals surface area (Å²) in [6.07, 6.45) is 1.04. The monoisotopic (exact) mass is 252 g/mol. The van der Waals surface area contributed by atoms with Crippen LogP contribution in [-0.2, 0) is 0 Å². The fourth-order valence-electron chi connectivity index (χ4n) is 1.95. The van der Waals surface area contributed by atoms with Crippen LogP contribution in [0.5, 0.6) is 11.5 Å². The largest absolute Gasteiger partial charge is 0.497 e. The minimum Gasteiger partial charge on any atom is -0.497 e. The Kier molecular flexibility index (Phi) is 3.99. The van der Waals surface area contributed by atoms with Gasteiger partial charge in [0.15, 0.2) is 0 Å². The molecule has 98 valence electrons. The summed E-state index contributed by atoms with van der Waals surface area (Å²) in [5, 5.41) is 14.1. The van der Waals surface area contributed by atoms with E-state index in [2.05, 4.69) is 5.32 Å². The van der Waals surface area contributed by atoms with Gasteiger partial charge in [-0.25, -0.2) is 0 Å². The quantitative estimate of drug-likeness (QED) is 0.636. The Balaban J connectivity index is 2.10. The first-order chi connectivity index (χ1) is 8.70. The van der Waals surface area contributed by atoms with Crippen molar-refractivity contribution in [1.82, 2.24) is 5.32 Å². The third-order valence-corrected chi connectivity index (χ3v) is 3.00. The number of methoxy groups -OCH3 is 1. The van der Waals surface area contributed by atoms with Crippen LogP contribution in [0.1, 0.15) is 6.42 Å². The lowest BCUT2D eigenvalue weighted by Crippen LogP contribution is -2.15. The molecule has 1 aliphatic rings. The van der Waals surface area contributed by atoms with Crippen LogP contribution in [0.3, 0.4) is 0 Å². The molecule has 1 heterocycles. The molecule has 1 saturated heterocycles. The average molecular weight is 252 g/mol. The molecule has 0 bridgehead atoms. The highest BCUT2D eigenvalue weighted by atomic mass is 16.6. The maximum atomic E-state index is 10.9. The number of hydrogen-bond donors (Lipinski definition) is 1. The number of nitrogens with zero attached hydrogens (tertiary/aromatic N) is 1. The lowest BCUT2D eigenvalue weighted by molar-refractivity contribution is -0.385. The molecule has 1 fully saturated rings. The number of benzene rings is 1. The van der Waals surface area contributed by atoms with Gasteiger partial charge in [-0.3, -0.25) is 10.1 Å². The first-order valence-corrected chi connectivity index (χ1v) is 5.86. The van der Waals surface area contributed by atoms with Gasteiger partial charge in [0.2, 0.25) is 5.75 Å². The molecular formula is C12H16N2O4. The van der Waals surface area contributed by atoms with Gasteiger partial charge in [-0.1, -0.05) is 0 Å². The van der Waals surface area contributed by atoms with E-state index in [1.807, 2.05) is 0 Å². The minimum absolute atomic E-state index is 0.0262. The Hall–Kier alpha value is -1.82. The number of nitro groups is 1. The Bertz CT molecular complexity index is 430. The third-order valence-electron chi connectivity index (χ3n) is 3.00. The molecule has 1 aliphatic heterocycles. The van der Waals surface area contributed by atoms with Crippen molar-refractivity contribution >= 4 is 5.69 Å². The van der Waals surface area contributed by atoms with E-state index in [0.29, 0.717) is 18.3 Å². The average Bonchev–Trinajstić information content (AvgIpc) is 2.88. The Morgan fingerprint density at radius 3 is 3.00 bits per heavy atom. The molecule has 6 nitrogen and oxygen atoms in total. The van der Waals surface area contributed by atoms with Gasteiger partial charge in [-0.05, 0) is 19.0 Å². The zero-order valence-electron chi connectivity index (χ0n) is 10.2. The van der Waals surface area contributed by atoms with Gasteiger partial charge in [0.25, 0.3) is 0 Å². The minimum atomic E-state index is -0.443. The molecule has 1 aromatic carbocycles. The fraction of sp³-hybridized carbons (Fsp3) is 0.500. The first-order valence-electron chi connectivity index (χ1n) is 5.86. The van der Waals surface area contributed by atoms with Crippen molar-refractivity contribution in [3.05, 3.63) is 28.3 Å². The number of rotatable bonds is 5. The molecule has 0 spiro atoms. The predicted octanol–water partition coefficient (Wildman–Crippen LogP) is 1.59. The highest BCUT2D eigenvalue weighted by Crippen LogP contribution is 2.31. The smallest absolute Gasteiger partial charge is 0.311 e. The van der Waals surface area contributed by atoms with Crippen LogP contribution in [-0.4, -0.2) is 31.7 Å². The predicted molar refractivity (Wildman–Crippen MR) is 66.1 cm³/mol. The van der Waals surface area contributed by atoms with E-state index >= 15 is 0 Å². The molecule has 1 aromatic rings. The molecule has 0 saturated carbocycles. The lowest BCUT2D eigenvalue weighted by Gasteiger charge is -2.11. The lowest BCUT2D eigenvalue weighted by atomic mass is 10.1. The van der Waals surface area contributed by atoms with E-state index in [0.717, 1.165) is 19.5 Å². The summed E-state index contributed by atoms with van der Waals surface area (Å²) < 4.78 is 10.6. The maximum Gasteiger partial charge on any atom is 0.311 e. The van der Waals surface area contributed by atoms with E-state index < -0.39 is 4.92 Å². The Morgan fingerprint density at radius 2 is 2.39 bits per heavy atom. The standard InChI is InChI=1S/C12H16N2O4/c1-17-10-2-3-11(14(15)16)12(6-10)18-8-9-4-5-13-7-9/h2-3,6,9,13H,4-5,7-8H2,1H3. The van der Waals surface area contributed by atoms with Gasteiger partial charge in [-0.2, -0.15) is 0 Å². The topological polar surface area (TPSA) is 73.6 Å². The van der Waals surface area contributed by atoms with E-state index in [4.69, 9.17) is 9.47 Å². The summed E-state index contributed by atoms with van der Waals surface area (Å²) in [5.41, 5.74) is -0.0262. The molecule has 1 atom stereocenters. The van der Waals surface area contributed by atoms with Gasteiger partial charge < -0.3 is 14.8 Å². The van der Waals surface area contributed by atoms with Crippen molar-refractivity contribution in [2.75, 3.05) is 26.8 Å². The third kappa shape index (κ3) is 2.89. The van der Waals surface area contributed by atoms with Gasteiger partial charge in [0.1, 0.15) is 5.75 Å². The number of ether oxygens (including phenoxy) is 2. The maximum absolute atomic E-state index is 10.9. The summed E-state index contributed by atoms with van der Waals surface area (Å²) in [6.45, 7) is 2.37. The zero-order valence-corrected chi connectivity index (χ0v) is 10.2. The van der Waals surface area contributed by atoms with Crippen molar-refractivity contribution in [1.29, 1.82) is 0 Å². The van der Waals surface area contributed by atoms with E-state index in [9.17, 15) is 10.1 Å². The van der Waals surface area contributed by atoms with Crippen LogP contribution in [0.25, 0.3) is 0 Å². The molecule has 0 radical (unpaired) electrons. The summed E-state index contributed by atoms with van der Waals surface area (Å²) in [4.78, 5) is 10.4. The summed E-state index contributed by atoms with van der Waals surface area (Å²) in [6, 6.07) is 4.52. The van der Waals surface area contributed by atoms with Gasteiger partial charge in [0, 0.05) is 24.6 Å². The zero-order chi connectivity index (χ0) is 13.0. The SMILES string of the molecule is COc1ccc([N+](=O)[O-])c(OCC2CCNC2)c1. The molecule has 1 unspecified atom stereocenters. The van der Waals surface area contributed by atoms with Gasteiger partial charge in [-0.15, -0.1) is 0 Å². The van der Waals surface area contributed by atoms with E-state index in [1.54, 1.807) is 12.1 Å². The highest BCUT2D eigenvalue weighted by molar-refractivity contribution is 5.50. The van der Waals surface area contributed by atoms with E-state index in [1.165, 1.54) is 13.2 Å². The van der Waals surface area contributed by atoms with Crippen LogP contribution < -0.4 is 14.8 Å². The van der Waals surface area contributed by atoms with Crippen LogP contribution in [0.15, 0.2) is 18.2 Å². The second-order valence-corrected chi connectivity index (χ2v) is 4.26. The molecular weight excluding hydrogens is 236 g/mol. The second-order valence-electron chi connectivity index (χ2n) is 4.26. The number of hydrogen-bond acceptors (Lipinski definition) is 5.